The van der Waals surface area contributed by atoms with Gasteiger partial charge in [0.15, 0.2) is 11.6 Å². The molecule has 3 N–H and O–H groups in total. The van der Waals surface area contributed by atoms with Crippen molar-refractivity contribution in [3.63, 3.8) is 0 Å². The summed E-state index contributed by atoms with van der Waals surface area (Å²) in [6.45, 7) is 5.04. The molecule has 15 rings (SSSR count). The number of nitrogens with two attached hydrogens (primary N) is 1. The molecule has 0 bridgehead atoms. The molecule has 25 heteroatoms. The second-order valence-corrected chi connectivity index (χ2v) is 28.4. The van der Waals surface area contributed by atoms with E-state index < -0.39 is 55.1 Å². The number of benzene rings is 4. The highest BCUT2D eigenvalue weighted by Crippen LogP contribution is 2.51. The van der Waals surface area contributed by atoms with Crippen molar-refractivity contribution in [1.82, 2.24) is 48.7 Å². The number of hydrogen-bond acceptors (Lipinski definition) is 16. The Bertz CT molecular complexity index is 4350. The van der Waals surface area contributed by atoms with Gasteiger partial charge in [-0.3, -0.25) is 19.8 Å². The average molecular weight is 1240 g/mol. The van der Waals surface area contributed by atoms with Gasteiger partial charge >= 0.3 is 12.0 Å². The van der Waals surface area contributed by atoms with Crippen molar-refractivity contribution in [2.24, 2.45) is 5.14 Å². The van der Waals surface area contributed by atoms with Crippen molar-refractivity contribution in [3.8, 4) is 34.5 Å². The molecular formula is C63H67F4N13O6S2. The Morgan fingerprint density at radius 2 is 1.22 bits per heavy atom. The molecule has 88 heavy (non-hydrogen) atoms. The van der Waals surface area contributed by atoms with Gasteiger partial charge in [0.25, 0.3) is 10.2 Å². The predicted molar refractivity (Wildman–Crippen MR) is 327 cm³/mol. The van der Waals surface area contributed by atoms with Crippen LogP contribution in [0, 0.1) is 23.3 Å². The maximum Gasteiger partial charge on any atom is 0.319 e. The summed E-state index contributed by atoms with van der Waals surface area (Å²) in [7, 11) is -7.46. The molecule has 7 aliphatic heterocycles. The lowest BCUT2D eigenvalue weighted by Crippen LogP contribution is -2.49. The predicted octanol–water partition coefficient (Wildman–Crippen LogP) is 9.08. The number of fused-ring (bicyclic) bond motifs is 6. The SMILES string of the molecule is NS(=O)(=O)NC1CCCN(c2nc(OCC34CCCN3CCC4)nc3c(F)c(-c4cccc5c(C6CCC7(COc8nc(N9CCCC(N%10CCCS%10(=O)=O)C9)c9cnc(-c%10cccc%11cccc(F)c%10%11)c(F)c9n8)CCCN67)ccc(F)c45)ncc23)C1. The molecule has 0 radical (unpaired) electrons. The van der Waals surface area contributed by atoms with E-state index in [1.54, 1.807) is 52.8 Å². The topological polar surface area (TPSA) is 218 Å². The van der Waals surface area contributed by atoms with Crippen molar-refractivity contribution >= 4 is 75.2 Å². The Labute approximate surface area is 506 Å². The van der Waals surface area contributed by atoms with Crippen LogP contribution in [0.2, 0.25) is 0 Å². The number of nitrogens with zero attached hydrogens (tertiary/aromatic N) is 11. The third kappa shape index (κ3) is 10.0. The first-order valence-electron chi connectivity index (χ1n) is 30.7. The highest BCUT2D eigenvalue weighted by molar-refractivity contribution is 7.89. The van der Waals surface area contributed by atoms with Crippen LogP contribution in [0.5, 0.6) is 12.0 Å². The molecule has 4 atom stereocenters. The zero-order valence-corrected chi connectivity index (χ0v) is 50.1. The van der Waals surface area contributed by atoms with E-state index in [1.165, 1.54) is 24.5 Å². The van der Waals surface area contributed by atoms with Crippen LogP contribution in [0.4, 0.5) is 29.2 Å². The normalized spacial score (nSPS) is 24.1. The van der Waals surface area contributed by atoms with Crippen LogP contribution >= 0.6 is 0 Å². The monoisotopic (exact) mass is 1240 g/mol. The fraction of sp³-hybridized carbons (Fsp3) is 0.460. The van der Waals surface area contributed by atoms with Crippen LogP contribution in [0.1, 0.15) is 95.1 Å². The van der Waals surface area contributed by atoms with Crippen LogP contribution in [-0.4, -0.2) is 155 Å². The largest absolute Gasteiger partial charge is 0.461 e. The molecule has 460 valence electrons. The zero-order chi connectivity index (χ0) is 60.3. The Balaban J connectivity index is 0.761. The molecule has 0 amide bonds. The van der Waals surface area contributed by atoms with Gasteiger partial charge in [0.05, 0.1) is 27.6 Å². The molecule has 4 aromatic heterocycles. The molecule has 7 saturated heterocycles. The van der Waals surface area contributed by atoms with Gasteiger partial charge in [0.2, 0.25) is 10.0 Å². The molecule has 4 unspecified atom stereocenters. The summed E-state index contributed by atoms with van der Waals surface area (Å²) in [6.07, 6.45) is 13.0. The number of ether oxygens (including phenoxy) is 2. The van der Waals surface area contributed by atoms with E-state index in [1.807, 2.05) is 15.9 Å². The first kappa shape index (κ1) is 57.4. The van der Waals surface area contributed by atoms with E-state index in [0.29, 0.717) is 112 Å². The van der Waals surface area contributed by atoms with Crippen molar-refractivity contribution < 1.29 is 43.9 Å². The van der Waals surface area contributed by atoms with Gasteiger partial charge in [-0.2, -0.15) is 37.4 Å². The summed E-state index contributed by atoms with van der Waals surface area (Å²) in [5.41, 5.74) is 0.307. The number of anilines is 2. The molecule has 7 aliphatic rings. The summed E-state index contributed by atoms with van der Waals surface area (Å²) in [5, 5.41) is 7.59. The molecule has 4 aromatic carbocycles. The molecular weight excluding hydrogens is 1170 g/mol. The number of rotatable bonds is 14. The van der Waals surface area contributed by atoms with E-state index in [4.69, 9.17) is 39.5 Å². The van der Waals surface area contributed by atoms with Crippen LogP contribution in [0.15, 0.2) is 79.1 Å². The van der Waals surface area contributed by atoms with Crippen LogP contribution in [0.3, 0.4) is 0 Å². The first-order chi connectivity index (χ1) is 42.5. The van der Waals surface area contributed by atoms with Crippen molar-refractivity contribution in [2.75, 3.05) is 81.1 Å². The highest BCUT2D eigenvalue weighted by atomic mass is 32.2. The maximum absolute atomic E-state index is 17.8. The van der Waals surface area contributed by atoms with Crippen molar-refractivity contribution in [3.05, 3.63) is 108 Å². The smallest absolute Gasteiger partial charge is 0.319 e. The van der Waals surface area contributed by atoms with Gasteiger partial charge in [-0.1, -0.05) is 54.6 Å². The molecule has 11 heterocycles. The van der Waals surface area contributed by atoms with E-state index in [-0.39, 0.29) is 98.3 Å². The summed E-state index contributed by atoms with van der Waals surface area (Å²) < 4.78 is 136. The van der Waals surface area contributed by atoms with Crippen molar-refractivity contribution in [1.29, 1.82) is 0 Å². The number of hydrogen-bond donors (Lipinski definition) is 2. The van der Waals surface area contributed by atoms with Gasteiger partial charge < -0.3 is 19.3 Å². The molecule has 0 aliphatic carbocycles. The maximum atomic E-state index is 17.8. The minimum atomic E-state index is -4.02. The third-order valence-electron chi connectivity index (χ3n) is 20.0. The van der Waals surface area contributed by atoms with Gasteiger partial charge in [0, 0.05) is 85.1 Å². The summed E-state index contributed by atoms with van der Waals surface area (Å²) >= 11 is 0. The Kier molecular flexibility index (Phi) is 14.5. The summed E-state index contributed by atoms with van der Waals surface area (Å²) in [4.78, 5) is 37.4. The Hall–Kier alpha value is -7.00. The lowest BCUT2D eigenvalue weighted by molar-refractivity contribution is 0.0848. The molecule has 8 aromatic rings. The number of nitrogens with one attached hydrogen (secondary N) is 1. The Morgan fingerprint density at radius 1 is 0.614 bits per heavy atom. The molecule has 7 fully saturated rings. The summed E-state index contributed by atoms with van der Waals surface area (Å²) in [5.74, 6) is -1.85. The highest BCUT2D eigenvalue weighted by Gasteiger charge is 2.51. The number of sulfonamides is 1. The molecule has 0 spiro atoms. The minimum absolute atomic E-state index is 0.0209. The van der Waals surface area contributed by atoms with E-state index in [0.717, 1.165) is 57.2 Å². The zero-order valence-electron chi connectivity index (χ0n) is 48.5. The molecule has 19 nitrogen and oxygen atoms in total. The van der Waals surface area contributed by atoms with Crippen molar-refractivity contribution in [2.45, 2.75) is 113 Å². The van der Waals surface area contributed by atoms with E-state index >= 15 is 17.6 Å². The van der Waals surface area contributed by atoms with Gasteiger partial charge in [-0.15, -0.1) is 0 Å². The Morgan fingerprint density at radius 3 is 1.89 bits per heavy atom. The van der Waals surface area contributed by atoms with Crippen LogP contribution < -0.4 is 29.1 Å². The fourth-order valence-electron chi connectivity index (χ4n) is 16.0. The number of aromatic nitrogens is 6. The van der Waals surface area contributed by atoms with E-state index in [2.05, 4.69) is 19.5 Å². The quantitative estimate of drug-likeness (QED) is 0.0970. The van der Waals surface area contributed by atoms with Crippen LogP contribution in [0.25, 0.3) is 65.9 Å². The average Bonchev–Trinajstić information content (AvgIpc) is 1.21. The summed E-state index contributed by atoms with van der Waals surface area (Å²) in [6, 6.07) is 17.2. The standard InChI is InChI=1S/C63H67F4N13O6S2/c64-47-17-2-11-38-10-1-15-43(50(38)47)54-52(66)57-46(33-69-54)59(77-26-5-13-40(35-77)80-30-9-31-87(80,81)82)74-61(72-57)86-37-63-23-8-29-79(63)49(20-24-63)41-18-19-48(65)51-42(41)14-3-16-44(51)55-53(67)56-45(32-70-55)58(76-25-4-12-39(34-76)75-88(68,83)84)73-60(71-56)85-36-62-21-6-27-78(62)28-7-22-62/h1-3,10-11,14-19,32-33,39-40,49,75H,4-9,12-13,20-31,34-37H2,(H2,68,83,84). The number of pyridine rings is 2. The van der Waals surface area contributed by atoms with E-state index in [9.17, 15) is 16.8 Å². The second-order valence-electron chi connectivity index (χ2n) is 25.1. The van der Waals surface area contributed by atoms with Gasteiger partial charge in [-0.25, -0.2) is 31.1 Å². The third-order valence-corrected chi connectivity index (χ3v) is 22.6. The fourth-order valence-corrected chi connectivity index (χ4v) is 18.4. The lowest BCUT2D eigenvalue weighted by Gasteiger charge is -2.38. The minimum Gasteiger partial charge on any atom is -0.461 e. The number of halogens is 4. The lowest BCUT2D eigenvalue weighted by atomic mass is 9.92. The molecule has 0 saturated carbocycles. The second kappa shape index (κ2) is 22.2. The number of piperidine rings is 2. The van der Waals surface area contributed by atoms with Gasteiger partial charge in [0.1, 0.15) is 58.9 Å². The first-order valence-corrected chi connectivity index (χ1v) is 33.9. The van der Waals surface area contributed by atoms with Gasteiger partial charge in [-0.05, 0) is 132 Å². The van der Waals surface area contributed by atoms with Crippen LogP contribution in [-0.2, 0) is 20.2 Å².